The van der Waals surface area contributed by atoms with Crippen molar-refractivity contribution in [1.29, 1.82) is 0 Å². The van der Waals surface area contributed by atoms with Gasteiger partial charge in [-0.25, -0.2) is 4.68 Å². The molecule has 1 amide bonds. The standard InChI is InChI=1S/C21H24N6O/c1-15-19(20(28)26-11-7-21(8-12-26)6-10-22-14-21)24-25-27(15)17-4-5-18-16(13-17)3-2-9-23-18/h2-5,9,13,22H,6-8,10-12,14H2,1H3. The highest BCUT2D eigenvalue weighted by Gasteiger charge is 2.38. The van der Waals surface area contributed by atoms with E-state index < -0.39 is 0 Å². The van der Waals surface area contributed by atoms with Gasteiger partial charge in [-0.15, -0.1) is 5.10 Å². The number of hydrogen-bond acceptors (Lipinski definition) is 5. The van der Waals surface area contributed by atoms with Crippen LogP contribution in [0.15, 0.2) is 36.5 Å². The Kier molecular flexibility index (Phi) is 4.12. The fourth-order valence-electron chi connectivity index (χ4n) is 4.52. The van der Waals surface area contributed by atoms with Crippen LogP contribution in [0.4, 0.5) is 0 Å². The number of nitrogens with one attached hydrogen (secondary N) is 1. The van der Waals surface area contributed by atoms with Crippen LogP contribution < -0.4 is 5.32 Å². The summed E-state index contributed by atoms with van der Waals surface area (Å²) in [5.41, 5.74) is 3.44. The molecule has 144 valence electrons. The Morgan fingerprint density at radius 2 is 2.04 bits per heavy atom. The van der Waals surface area contributed by atoms with Gasteiger partial charge in [-0.2, -0.15) is 0 Å². The highest BCUT2D eigenvalue weighted by atomic mass is 16.2. The van der Waals surface area contributed by atoms with Gasteiger partial charge in [0.2, 0.25) is 0 Å². The van der Waals surface area contributed by atoms with E-state index in [9.17, 15) is 4.79 Å². The molecule has 3 aromatic rings. The second-order valence-electron chi connectivity index (χ2n) is 8.03. The number of carbonyl (C=O) groups excluding carboxylic acids is 1. The second kappa shape index (κ2) is 6.67. The maximum atomic E-state index is 13.1. The lowest BCUT2D eigenvalue weighted by Gasteiger charge is -2.38. The molecule has 0 bridgehead atoms. The molecule has 5 rings (SSSR count). The molecule has 0 aliphatic carbocycles. The van der Waals surface area contributed by atoms with Gasteiger partial charge in [0.15, 0.2) is 5.69 Å². The molecular weight excluding hydrogens is 352 g/mol. The van der Waals surface area contributed by atoms with Gasteiger partial charge >= 0.3 is 0 Å². The van der Waals surface area contributed by atoms with Gasteiger partial charge in [-0.3, -0.25) is 9.78 Å². The molecule has 7 nitrogen and oxygen atoms in total. The monoisotopic (exact) mass is 376 g/mol. The number of hydrogen-bond donors (Lipinski definition) is 1. The summed E-state index contributed by atoms with van der Waals surface area (Å²) in [5, 5.41) is 13.0. The van der Waals surface area contributed by atoms with Crippen molar-refractivity contribution in [2.45, 2.75) is 26.2 Å². The maximum Gasteiger partial charge on any atom is 0.276 e. The summed E-state index contributed by atoms with van der Waals surface area (Å²) < 4.78 is 1.74. The van der Waals surface area contributed by atoms with E-state index in [1.165, 1.54) is 6.42 Å². The molecule has 28 heavy (non-hydrogen) atoms. The minimum atomic E-state index is -0.00740. The molecule has 1 aromatic carbocycles. The summed E-state index contributed by atoms with van der Waals surface area (Å²) in [6.45, 7) is 5.69. The third-order valence-electron chi connectivity index (χ3n) is 6.37. The molecule has 0 radical (unpaired) electrons. The van der Waals surface area contributed by atoms with Gasteiger partial charge in [0.1, 0.15) is 0 Å². The van der Waals surface area contributed by atoms with Crippen molar-refractivity contribution in [2.24, 2.45) is 5.41 Å². The summed E-state index contributed by atoms with van der Waals surface area (Å²) in [6.07, 6.45) is 5.14. The Balaban J connectivity index is 1.38. The predicted octanol–water partition coefficient (Wildman–Crippen LogP) is 2.34. The molecule has 0 atom stereocenters. The van der Waals surface area contributed by atoms with Crippen LogP contribution in [0.5, 0.6) is 0 Å². The Bertz CT molecular complexity index is 1030. The molecule has 1 N–H and O–H groups in total. The van der Waals surface area contributed by atoms with Gasteiger partial charge in [0, 0.05) is 31.2 Å². The quantitative estimate of drug-likeness (QED) is 0.743. The van der Waals surface area contributed by atoms with Crippen LogP contribution in [0.3, 0.4) is 0 Å². The second-order valence-corrected chi connectivity index (χ2v) is 8.03. The fourth-order valence-corrected chi connectivity index (χ4v) is 4.52. The predicted molar refractivity (Wildman–Crippen MR) is 106 cm³/mol. The average molecular weight is 376 g/mol. The van der Waals surface area contributed by atoms with Crippen LogP contribution in [-0.2, 0) is 0 Å². The maximum absolute atomic E-state index is 13.1. The molecule has 2 aliphatic heterocycles. The molecule has 0 unspecified atom stereocenters. The van der Waals surface area contributed by atoms with E-state index in [1.54, 1.807) is 10.9 Å². The molecule has 7 heteroatoms. The number of likely N-dealkylation sites (tertiary alicyclic amines) is 1. The third-order valence-corrected chi connectivity index (χ3v) is 6.37. The number of piperidine rings is 1. The van der Waals surface area contributed by atoms with Crippen LogP contribution in [0, 0.1) is 12.3 Å². The molecule has 1 spiro atoms. The van der Waals surface area contributed by atoms with E-state index in [1.807, 2.05) is 42.2 Å². The van der Waals surface area contributed by atoms with Gasteiger partial charge in [0.05, 0.1) is 16.9 Å². The number of nitrogens with zero attached hydrogens (tertiary/aromatic N) is 5. The van der Waals surface area contributed by atoms with E-state index in [0.29, 0.717) is 11.1 Å². The molecule has 2 aliphatic rings. The summed E-state index contributed by atoms with van der Waals surface area (Å²) >= 11 is 0. The van der Waals surface area contributed by atoms with E-state index in [2.05, 4.69) is 20.6 Å². The Morgan fingerprint density at radius 3 is 2.82 bits per heavy atom. The van der Waals surface area contributed by atoms with Gasteiger partial charge in [-0.05, 0) is 62.4 Å². The van der Waals surface area contributed by atoms with E-state index in [0.717, 1.165) is 61.3 Å². The van der Waals surface area contributed by atoms with Crippen LogP contribution in [0.2, 0.25) is 0 Å². The SMILES string of the molecule is Cc1c(C(=O)N2CCC3(CCNC3)CC2)nnn1-c1ccc2ncccc2c1. The molecule has 4 heterocycles. The highest BCUT2D eigenvalue weighted by Crippen LogP contribution is 2.37. The summed E-state index contributed by atoms with van der Waals surface area (Å²) in [5.74, 6) is -0.00740. The molecule has 0 saturated carbocycles. The number of rotatable bonds is 2. The summed E-state index contributed by atoms with van der Waals surface area (Å²) in [4.78, 5) is 19.4. The van der Waals surface area contributed by atoms with E-state index in [4.69, 9.17) is 0 Å². The lowest BCUT2D eigenvalue weighted by Crippen LogP contribution is -2.44. The number of benzene rings is 1. The normalized spacial score (nSPS) is 18.8. The third kappa shape index (κ3) is 2.86. The topological polar surface area (TPSA) is 75.9 Å². The molecule has 2 saturated heterocycles. The van der Waals surface area contributed by atoms with Crippen molar-refractivity contribution in [3.05, 3.63) is 47.9 Å². The minimum Gasteiger partial charge on any atom is -0.337 e. The smallest absolute Gasteiger partial charge is 0.276 e. The summed E-state index contributed by atoms with van der Waals surface area (Å²) in [7, 11) is 0. The first-order valence-electron chi connectivity index (χ1n) is 9.93. The van der Waals surface area contributed by atoms with Gasteiger partial charge in [0.25, 0.3) is 5.91 Å². The van der Waals surface area contributed by atoms with Crippen molar-refractivity contribution in [2.75, 3.05) is 26.2 Å². The Labute approximate surface area is 163 Å². The fraction of sp³-hybridized carbons (Fsp3) is 0.429. The Hall–Kier alpha value is -2.80. The van der Waals surface area contributed by atoms with E-state index in [-0.39, 0.29) is 5.91 Å². The zero-order valence-electron chi connectivity index (χ0n) is 16.1. The van der Waals surface area contributed by atoms with E-state index >= 15 is 0 Å². The number of amides is 1. The van der Waals surface area contributed by atoms with Crippen molar-refractivity contribution in [3.8, 4) is 5.69 Å². The van der Waals surface area contributed by atoms with Crippen LogP contribution in [0.25, 0.3) is 16.6 Å². The van der Waals surface area contributed by atoms with Gasteiger partial charge < -0.3 is 10.2 Å². The number of pyridine rings is 1. The lowest BCUT2D eigenvalue weighted by molar-refractivity contribution is 0.0601. The Morgan fingerprint density at radius 1 is 1.18 bits per heavy atom. The molecule has 2 aromatic heterocycles. The highest BCUT2D eigenvalue weighted by molar-refractivity contribution is 5.93. The lowest BCUT2D eigenvalue weighted by atomic mass is 9.78. The first kappa shape index (κ1) is 17.3. The van der Waals surface area contributed by atoms with Crippen LogP contribution in [0.1, 0.15) is 35.4 Å². The number of aromatic nitrogens is 4. The van der Waals surface area contributed by atoms with Gasteiger partial charge in [-0.1, -0.05) is 11.3 Å². The van der Waals surface area contributed by atoms with Crippen molar-refractivity contribution in [1.82, 2.24) is 30.2 Å². The first-order valence-corrected chi connectivity index (χ1v) is 9.93. The zero-order chi connectivity index (χ0) is 19.1. The van der Waals surface area contributed by atoms with Crippen molar-refractivity contribution >= 4 is 16.8 Å². The number of carbonyl (C=O) groups is 1. The van der Waals surface area contributed by atoms with Crippen molar-refractivity contribution in [3.63, 3.8) is 0 Å². The van der Waals surface area contributed by atoms with Crippen LogP contribution >= 0.6 is 0 Å². The molecule has 2 fully saturated rings. The largest absolute Gasteiger partial charge is 0.337 e. The average Bonchev–Trinajstić information content (AvgIpc) is 3.34. The zero-order valence-corrected chi connectivity index (χ0v) is 16.1. The first-order chi connectivity index (χ1) is 13.7. The summed E-state index contributed by atoms with van der Waals surface area (Å²) in [6, 6.07) is 9.88. The van der Waals surface area contributed by atoms with Crippen LogP contribution in [-0.4, -0.2) is 57.0 Å². The van der Waals surface area contributed by atoms with Crippen molar-refractivity contribution < 1.29 is 4.79 Å². The minimum absolute atomic E-state index is 0.00740. The molecular formula is C21H24N6O. The number of fused-ring (bicyclic) bond motifs is 1.